The molecule has 2 aliphatic carbocycles. The molecule has 2 saturated carbocycles. The second kappa shape index (κ2) is 8.25. The highest BCUT2D eigenvalue weighted by molar-refractivity contribution is 5.93. The summed E-state index contributed by atoms with van der Waals surface area (Å²) in [5.41, 5.74) is 0.468. The van der Waals surface area contributed by atoms with Crippen LogP contribution in [0.15, 0.2) is 12.1 Å². The number of anilines is 1. The SMILES string of the molecule is COC1CN(c2ccc(C(=O)NCC3(O)CCCCC3)nc2OC2CCC2)C1. The Hall–Kier alpha value is -1.86. The van der Waals surface area contributed by atoms with Crippen LogP contribution in [0.1, 0.15) is 61.9 Å². The van der Waals surface area contributed by atoms with Crippen molar-refractivity contribution in [3.8, 4) is 5.88 Å². The van der Waals surface area contributed by atoms with Crippen LogP contribution in [0, 0.1) is 0 Å². The van der Waals surface area contributed by atoms with Crippen LogP contribution in [0.2, 0.25) is 0 Å². The van der Waals surface area contributed by atoms with E-state index in [1.54, 1.807) is 13.2 Å². The largest absolute Gasteiger partial charge is 0.473 e. The fraction of sp³-hybridized carbons (Fsp3) is 0.714. The van der Waals surface area contributed by atoms with Crippen LogP contribution in [-0.2, 0) is 4.74 Å². The van der Waals surface area contributed by atoms with Crippen LogP contribution in [0.5, 0.6) is 5.88 Å². The summed E-state index contributed by atoms with van der Waals surface area (Å²) in [6, 6.07) is 3.65. The molecule has 4 rings (SSSR count). The number of methoxy groups -OCH3 is 1. The van der Waals surface area contributed by atoms with Crippen molar-refractivity contribution in [3.63, 3.8) is 0 Å². The zero-order valence-electron chi connectivity index (χ0n) is 16.7. The van der Waals surface area contributed by atoms with Crippen molar-refractivity contribution in [1.82, 2.24) is 10.3 Å². The van der Waals surface area contributed by atoms with E-state index in [2.05, 4.69) is 15.2 Å². The van der Waals surface area contributed by atoms with Crippen molar-refractivity contribution in [3.05, 3.63) is 17.8 Å². The quantitative estimate of drug-likeness (QED) is 0.744. The first kappa shape index (κ1) is 19.5. The van der Waals surface area contributed by atoms with E-state index in [0.29, 0.717) is 11.6 Å². The Morgan fingerprint density at radius 1 is 1.21 bits per heavy atom. The minimum absolute atomic E-state index is 0.187. The summed E-state index contributed by atoms with van der Waals surface area (Å²) in [7, 11) is 1.72. The number of aromatic nitrogens is 1. The lowest BCUT2D eigenvalue weighted by molar-refractivity contribution is 0.00520. The number of hydrogen-bond donors (Lipinski definition) is 2. The van der Waals surface area contributed by atoms with Gasteiger partial charge in [0, 0.05) is 26.7 Å². The number of nitrogens with zero attached hydrogens (tertiary/aromatic N) is 2. The van der Waals surface area contributed by atoms with Crippen molar-refractivity contribution in [1.29, 1.82) is 0 Å². The zero-order valence-corrected chi connectivity index (χ0v) is 16.7. The topological polar surface area (TPSA) is 83.9 Å². The Kier molecular flexibility index (Phi) is 5.73. The van der Waals surface area contributed by atoms with Gasteiger partial charge in [-0.2, -0.15) is 0 Å². The van der Waals surface area contributed by atoms with Crippen molar-refractivity contribution in [2.45, 2.75) is 69.2 Å². The third kappa shape index (κ3) is 4.25. The molecule has 1 aliphatic heterocycles. The van der Waals surface area contributed by atoms with Gasteiger partial charge in [0.1, 0.15) is 17.5 Å². The van der Waals surface area contributed by atoms with E-state index in [9.17, 15) is 9.90 Å². The van der Waals surface area contributed by atoms with E-state index in [1.807, 2.05) is 6.07 Å². The number of pyridine rings is 1. The second-order valence-electron chi connectivity index (χ2n) is 8.42. The Labute approximate surface area is 166 Å². The molecule has 1 aromatic rings. The third-order valence-corrected chi connectivity index (χ3v) is 6.29. The lowest BCUT2D eigenvalue weighted by Gasteiger charge is -2.40. The molecule has 0 atom stereocenters. The van der Waals surface area contributed by atoms with E-state index in [1.165, 1.54) is 6.42 Å². The van der Waals surface area contributed by atoms with Crippen LogP contribution in [-0.4, -0.2) is 60.6 Å². The number of aliphatic hydroxyl groups is 1. The number of ether oxygens (including phenoxy) is 2. The molecule has 1 saturated heterocycles. The van der Waals surface area contributed by atoms with Crippen LogP contribution < -0.4 is 15.0 Å². The number of rotatable bonds is 7. The molecular weight excluding hydrogens is 358 g/mol. The molecule has 0 unspecified atom stereocenters. The summed E-state index contributed by atoms with van der Waals surface area (Å²) in [6.45, 7) is 1.88. The predicted molar refractivity (Wildman–Crippen MR) is 106 cm³/mol. The van der Waals surface area contributed by atoms with Crippen LogP contribution in [0.25, 0.3) is 0 Å². The predicted octanol–water partition coefficient (Wildman–Crippen LogP) is 2.27. The van der Waals surface area contributed by atoms with Crippen molar-refractivity contribution in [2.75, 3.05) is 31.6 Å². The zero-order chi connectivity index (χ0) is 19.6. The first-order chi connectivity index (χ1) is 13.6. The summed E-state index contributed by atoms with van der Waals surface area (Å²) in [4.78, 5) is 19.3. The van der Waals surface area contributed by atoms with Gasteiger partial charge < -0.3 is 24.8 Å². The molecule has 0 spiro atoms. The molecule has 3 aliphatic rings. The maximum atomic E-state index is 12.6. The summed E-state index contributed by atoms with van der Waals surface area (Å²) in [6.07, 6.45) is 8.32. The Morgan fingerprint density at radius 2 is 1.96 bits per heavy atom. The van der Waals surface area contributed by atoms with Crippen LogP contribution >= 0.6 is 0 Å². The molecule has 1 aromatic heterocycles. The van der Waals surface area contributed by atoms with Gasteiger partial charge in [-0.25, -0.2) is 4.98 Å². The number of carbonyl (C=O) groups is 1. The average molecular weight is 389 g/mol. The molecule has 3 fully saturated rings. The van der Waals surface area contributed by atoms with Crippen molar-refractivity contribution < 1.29 is 19.4 Å². The normalized spacial score (nSPS) is 22.3. The molecule has 7 nitrogen and oxygen atoms in total. The number of nitrogens with one attached hydrogen (secondary N) is 1. The van der Waals surface area contributed by atoms with Gasteiger partial charge >= 0.3 is 0 Å². The van der Waals surface area contributed by atoms with Gasteiger partial charge in [-0.05, 0) is 44.2 Å². The monoisotopic (exact) mass is 389 g/mol. The summed E-state index contributed by atoms with van der Waals surface area (Å²) < 4.78 is 11.5. The highest BCUT2D eigenvalue weighted by Crippen LogP contribution is 2.34. The highest BCUT2D eigenvalue weighted by Gasteiger charge is 2.32. The number of amides is 1. The van der Waals surface area contributed by atoms with Gasteiger partial charge in [0.25, 0.3) is 5.91 Å². The van der Waals surface area contributed by atoms with E-state index >= 15 is 0 Å². The highest BCUT2D eigenvalue weighted by atomic mass is 16.5. The van der Waals surface area contributed by atoms with Gasteiger partial charge in [0.05, 0.1) is 11.7 Å². The van der Waals surface area contributed by atoms with E-state index in [4.69, 9.17) is 9.47 Å². The molecule has 0 radical (unpaired) electrons. The molecule has 154 valence electrons. The molecule has 28 heavy (non-hydrogen) atoms. The lowest BCUT2D eigenvalue weighted by atomic mass is 9.85. The number of hydrogen-bond acceptors (Lipinski definition) is 6. The van der Waals surface area contributed by atoms with Gasteiger partial charge in [0.15, 0.2) is 0 Å². The third-order valence-electron chi connectivity index (χ3n) is 6.29. The molecule has 1 amide bonds. The number of carbonyl (C=O) groups excluding carboxylic acids is 1. The van der Waals surface area contributed by atoms with E-state index in [0.717, 1.165) is 63.7 Å². The summed E-state index contributed by atoms with van der Waals surface area (Å²) in [5, 5.41) is 13.5. The smallest absolute Gasteiger partial charge is 0.270 e. The van der Waals surface area contributed by atoms with Gasteiger partial charge in [0.2, 0.25) is 5.88 Å². The Morgan fingerprint density at radius 3 is 2.61 bits per heavy atom. The first-order valence-corrected chi connectivity index (χ1v) is 10.5. The molecule has 2 heterocycles. The molecule has 2 N–H and O–H groups in total. The maximum absolute atomic E-state index is 12.6. The van der Waals surface area contributed by atoms with Crippen LogP contribution in [0.3, 0.4) is 0 Å². The summed E-state index contributed by atoms with van der Waals surface area (Å²) in [5.74, 6) is 0.269. The standard InChI is InChI=1S/C21H31N3O4/c1-27-16-12-24(13-16)18-9-8-17(23-20(18)28-15-6-5-7-15)19(25)22-14-21(26)10-3-2-4-11-21/h8-9,15-16,26H,2-7,10-14H2,1H3,(H,22,25). The molecule has 0 aromatic carbocycles. The lowest BCUT2D eigenvalue weighted by Crippen LogP contribution is -2.52. The summed E-state index contributed by atoms with van der Waals surface area (Å²) >= 11 is 0. The van der Waals surface area contributed by atoms with Gasteiger partial charge in [-0.1, -0.05) is 19.3 Å². The molecular formula is C21H31N3O4. The van der Waals surface area contributed by atoms with E-state index < -0.39 is 5.60 Å². The van der Waals surface area contributed by atoms with Crippen molar-refractivity contribution in [2.24, 2.45) is 0 Å². The van der Waals surface area contributed by atoms with Crippen molar-refractivity contribution >= 4 is 11.6 Å². The molecule has 0 bridgehead atoms. The first-order valence-electron chi connectivity index (χ1n) is 10.5. The molecule has 7 heteroatoms. The maximum Gasteiger partial charge on any atom is 0.270 e. The minimum atomic E-state index is -0.786. The van der Waals surface area contributed by atoms with Gasteiger partial charge in [-0.3, -0.25) is 4.79 Å². The minimum Gasteiger partial charge on any atom is -0.473 e. The fourth-order valence-corrected chi connectivity index (χ4v) is 4.04. The average Bonchev–Trinajstić information content (AvgIpc) is 2.63. The fourth-order valence-electron chi connectivity index (χ4n) is 4.04. The Bertz CT molecular complexity index is 695. The second-order valence-corrected chi connectivity index (χ2v) is 8.42. The van der Waals surface area contributed by atoms with E-state index in [-0.39, 0.29) is 24.7 Å². The van der Waals surface area contributed by atoms with Crippen LogP contribution in [0.4, 0.5) is 5.69 Å². The van der Waals surface area contributed by atoms with Gasteiger partial charge in [-0.15, -0.1) is 0 Å². The Balaban J connectivity index is 1.44.